The van der Waals surface area contributed by atoms with Crippen molar-refractivity contribution in [2.75, 3.05) is 5.75 Å². The lowest BCUT2D eigenvalue weighted by Gasteiger charge is -2.06. The van der Waals surface area contributed by atoms with E-state index in [1.54, 1.807) is 0 Å². The first-order valence-electron chi connectivity index (χ1n) is 5.53. The Kier molecular flexibility index (Phi) is 4.76. The third kappa shape index (κ3) is 3.32. The van der Waals surface area contributed by atoms with Crippen molar-refractivity contribution in [2.24, 2.45) is 0 Å². The predicted molar refractivity (Wildman–Crippen MR) is 81.9 cm³/mol. The topological polar surface area (TPSA) is 0 Å². The molecule has 0 fully saturated rings. The van der Waals surface area contributed by atoms with Crippen molar-refractivity contribution >= 4 is 34.1 Å². The Bertz CT molecular complexity index is 472. The highest BCUT2D eigenvalue weighted by molar-refractivity contribution is 7.97. The van der Waals surface area contributed by atoms with Gasteiger partial charge in [-0.05, 0) is 54.6 Å². The summed E-state index contributed by atoms with van der Waals surface area (Å²) in [5, 5.41) is 1.52. The largest absolute Gasteiger partial charge is 0.161 e. The first-order chi connectivity index (χ1) is 8.70. The summed E-state index contributed by atoms with van der Waals surface area (Å²) in [6.07, 6.45) is 1.95. The van der Waals surface area contributed by atoms with Crippen LogP contribution >= 0.6 is 23.2 Å². The van der Waals surface area contributed by atoms with Crippen LogP contribution in [-0.2, 0) is 10.9 Å². The van der Waals surface area contributed by atoms with Gasteiger partial charge in [-0.3, -0.25) is 0 Å². The van der Waals surface area contributed by atoms with E-state index in [9.17, 15) is 0 Å². The fourth-order valence-electron chi connectivity index (χ4n) is 1.64. The third-order valence-corrected chi connectivity index (χ3v) is 5.24. The molecular formula is C15H13Cl2S+. The molecule has 0 nitrogen and oxygen atoms in total. The van der Waals surface area contributed by atoms with E-state index >= 15 is 0 Å². The van der Waals surface area contributed by atoms with E-state index in [-0.39, 0.29) is 10.9 Å². The van der Waals surface area contributed by atoms with Gasteiger partial charge >= 0.3 is 0 Å². The Morgan fingerprint density at radius 2 is 1.22 bits per heavy atom. The van der Waals surface area contributed by atoms with Gasteiger partial charge in [0.05, 0.1) is 10.9 Å². The molecule has 0 bridgehead atoms. The molecule has 0 unspecified atom stereocenters. The minimum absolute atomic E-state index is 0.00315. The molecular weight excluding hydrogens is 283 g/mol. The van der Waals surface area contributed by atoms with Crippen LogP contribution in [0.2, 0.25) is 10.0 Å². The number of halogens is 2. The van der Waals surface area contributed by atoms with Crippen LogP contribution in [-0.4, -0.2) is 5.75 Å². The molecule has 0 radical (unpaired) electrons. The van der Waals surface area contributed by atoms with Crippen LogP contribution in [0, 0.1) is 0 Å². The molecule has 92 valence electrons. The Morgan fingerprint density at radius 3 is 1.56 bits per heavy atom. The second-order valence-corrected chi connectivity index (χ2v) is 6.68. The van der Waals surface area contributed by atoms with Gasteiger partial charge in [0.15, 0.2) is 9.79 Å². The number of rotatable bonds is 4. The average Bonchev–Trinajstić information content (AvgIpc) is 2.39. The molecule has 2 aromatic carbocycles. The van der Waals surface area contributed by atoms with E-state index in [1.807, 2.05) is 30.3 Å². The van der Waals surface area contributed by atoms with Crippen LogP contribution in [0.25, 0.3) is 0 Å². The normalized spacial score (nSPS) is 10.6. The van der Waals surface area contributed by atoms with Crippen molar-refractivity contribution in [1.82, 2.24) is 0 Å². The predicted octanol–water partition coefficient (Wildman–Crippen LogP) is 5.22. The van der Waals surface area contributed by atoms with Crippen molar-refractivity contribution in [3.05, 3.63) is 71.2 Å². The van der Waals surface area contributed by atoms with Crippen LogP contribution < -0.4 is 0 Å². The molecule has 2 rings (SSSR count). The van der Waals surface area contributed by atoms with Crippen molar-refractivity contribution in [2.45, 2.75) is 9.79 Å². The molecule has 2 aromatic rings. The fourth-order valence-corrected chi connectivity index (χ4v) is 3.72. The molecule has 0 aliphatic heterocycles. The van der Waals surface area contributed by atoms with Gasteiger partial charge in [-0.15, -0.1) is 0 Å². The molecule has 0 spiro atoms. The van der Waals surface area contributed by atoms with Gasteiger partial charge in [0.2, 0.25) is 0 Å². The maximum absolute atomic E-state index is 5.93. The summed E-state index contributed by atoms with van der Waals surface area (Å²) >= 11 is 11.9. The molecule has 0 saturated heterocycles. The molecule has 0 aromatic heterocycles. The highest BCUT2D eigenvalue weighted by Crippen LogP contribution is 2.26. The Hall–Kier alpha value is -0.890. The van der Waals surface area contributed by atoms with E-state index in [0.29, 0.717) is 0 Å². The maximum Gasteiger partial charge on any atom is 0.161 e. The van der Waals surface area contributed by atoms with Gasteiger partial charge in [-0.2, -0.15) is 0 Å². The van der Waals surface area contributed by atoms with Crippen molar-refractivity contribution in [3.8, 4) is 0 Å². The van der Waals surface area contributed by atoms with E-state index in [1.165, 1.54) is 9.79 Å². The Labute approximate surface area is 121 Å². The SMILES string of the molecule is C=CC[S+](c1ccc(Cl)cc1)c1ccc(Cl)cc1. The highest BCUT2D eigenvalue weighted by Gasteiger charge is 2.23. The molecule has 18 heavy (non-hydrogen) atoms. The summed E-state index contributed by atoms with van der Waals surface area (Å²) in [5.74, 6) is 0.920. The number of hydrogen-bond donors (Lipinski definition) is 0. The van der Waals surface area contributed by atoms with Crippen LogP contribution in [0.5, 0.6) is 0 Å². The summed E-state index contributed by atoms with van der Waals surface area (Å²) < 4.78 is 0. The minimum Gasteiger partial charge on any atom is -0.0984 e. The highest BCUT2D eigenvalue weighted by atomic mass is 35.5. The van der Waals surface area contributed by atoms with Gasteiger partial charge in [-0.1, -0.05) is 29.8 Å². The lowest BCUT2D eigenvalue weighted by Crippen LogP contribution is -2.06. The van der Waals surface area contributed by atoms with Crippen molar-refractivity contribution in [1.29, 1.82) is 0 Å². The van der Waals surface area contributed by atoms with Crippen molar-refractivity contribution in [3.63, 3.8) is 0 Å². The summed E-state index contributed by atoms with van der Waals surface area (Å²) in [6.45, 7) is 3.84. The van der Waals surface area contributed by atoms with E-state index < -0.39 is 0 Å². The number of hydrogen-bond acceptors (Lipinski definition) is 0. The van der Waals surface area contributed by atoms with E-state index in [4.69, 9.17) is 23.2 Å². The first-order valence-corrected chi connectivity index (χ1v) is 7.68. The van der Waals surface area contributed by atoms with E-state index in [0.717, 1.165) is 15.8 Å². The minimum atomic E-state index is -0.00315. The molecule has 3 heteroatoms. The second kappa shape index (κ2) is 6.33. The smallest absolute Gasteiger partial charge is 0.0984 e. The summed E-state index contributed by atoms with van der Waals surface area (Å²) in [7, 11) is -0.00315. The van der Waals surface area contributed by atoms with Gasteiger partial charge in [0.25, 0.3) is 0 Å². The third-order valence-electron chi connectivity index (χ3n) is 2.48. The molecule has 0 heterocycles. The quantitative estimate of drug-likeness (QED) is 0.536. The molecule has 0 atom stereocenters. The zero-order chi connectivity index (χ0) is 13.0. The zero-order valence-corrected chi connectivity index (χ0v) is 12.1. The van der Waals surface area contributed by atoms with Gasteiger partial charge in [0.1, 0.15) is 5.75 Å². The summed E-state index contributed by atoms with van der Waals surface area (Å²) in [5.41, 5.74) is 0. The molecule has 0 amide bonds. The Morgan fingerprint density at radius 1 is 0.833 bits per heavy atom. The summed E-state index contributed by atoms with van der Waals surface area (Å²) in [4.78, 5) is 2.53. The lowest BCUT2D eigenvalue weighted by atomic mass is 10.4. The second-order valence-electron chi connectivity index (χ2n) is 3.75. The standard InChI is InChI=1S/C15H13Cl2S/c1-2-11-18(14-7-3-12(16)4-8-14)15-9-5-13(17)6-10-15/h2-10H,1,11H2/q+1. The van der Waals surface area contributed by atoms with Crippen LogP contribution in [0.4, 0.5) is 0 Å². The van der Waals surface area contributed by atoms with Gasteiger partial charge in [-0.25, -0.2) is 0 Å². The average molecular weight is 296 g/mol. The van der Waals surface area contributed by atoms with Gasteiger partial charge in [0, 0.05) is 10.0 Å². The fraction of sp³-hybridized carbons (Fsp3) is 0.0667. The van der Waals surface area contributed by atoms with Crippen LogP contribution in [0.1, 0.15) is 0 Å². The monoisotopic (exact) mass is 295 g/mol. The van der Waals surface area contributed by atoms with E-state index in [2.05, 4.69) is 30.8 Å². The summed E-state index contributed by atoms with van der Waals surface area (Å²) in [6, 6.07) is 16.0. The maximum atomic E-state index is 5.93. The Balaban J connectivity index is 2.35. The van der Waals surface area contributed by atoms with Crippen LogP contribution in [0.15, 0.2) is 71.0 Å². The van der Waals surface area contributed by atoms with Crippen LogP contribution in [0.3, 0.4) is 0 Å². The lowest BCUT2D eigenvalue weighted by molar-refractivity contribution is 1.36. The van der Waals surface area contributed by atoms with Crippen molar-refractivity contribution < 1.29 is 0 Å². The molecule has 0 N–H and O–H groups in total. The number of benzene rings is 2. The molecule has 0 saturated carbocycles. The van der Waals surface area contributed by atoms with Gasteiger partial charge < -0.3 is 0 Å². The first kappa shape index (κ1) is 13.5. The molecule has 0 aliphatic carbocycles. The zero-order valence-electron chi connectivity index (χ0n) is 9.77. The molecule has 0 aliphatic rings.